The van der Waals surface area contributed by atoms with Crippen molar-refractivity contribution in [3.63, 3.8) is 0 Å². The minimum Gasteiger partial charge on any atom is -0.448 e. The zero-order valence-electron chi connectivity index (χ0n) is 35.2. The predicted molar refractivity (Wildman–Crippen MR) is 249 cm³/mol. The molecule has 8 rings (SSSR count). The number of rotatable bonds is 14. The first-order valence-electron chi connectivity index (χ1n) is 20.0. The van der Waals surface area contributed by atoms with Gasteiger partial charge in [-0.1, -0.05) is 79.9 Å². The number of hydrogen-bond donors (Lipinski definition) is 2. The minimum atomic E-state index is -1.54. The maximum Gasteiger partial charge on any atom is 0.313 e. The van der Waals surface area contributed by atoms with Crippen LogP contribution in [0, 0.1) is 23.3 Å². The second kappa shape index (κ2) is 21.7. The van der Waals surface area contributed by atoms with E-state index in [-0.39, 0.29) is 59.1 Å². The molecule has 0 radical (unpaired) electrons. The highest BCUT2D eigenvalue weighted by molar-refractivity contribution is 7.98. The fraction of sp³-hybridized carbons (Fsp3) is 0.191. The molecule has 0 aliphatic rings. The quantitative estimate of drug-likeness (QED) is 0.0606. The molecule has 8 aromatic rings. The number of pyridine rings is 2. The third-order valence-electron chi connectivity index (χ3n) is 8.93. The predicted octanol–water partition coefficient (Wildman–Crippen LogP) is 9.86. The maximum atomic E-state index is 14.1. The van der Waals surface area contributed by atoms with E-state index >= 15 is 0 Å². The van der Waals surface area contributed by atoms with E-state index in [1.54, 1.807) is 6.20 Å². The summed E-state index contributed by atoms with van der Waals surface area (Å²) in [5.74, 6) is -3.34. The lowest BCUT2D eigenvalue weighted by atomic mass is 10.2. The number of ether oxygens (including phenoxy) is 2. The molecule has 1 atom stereocenters. The molecule has 0 amide bonds. The van der Waals surface area contributed by atoms with Gasteiger partial charge in [0.2, 0.25) is 5.16 Å². The van der Waals surface area contributed by atoms with Crippen molar-refractivity contribution >= 4 is 44.6 Å². The zero-order chi connectivity index (χ0) is 46.2. The van der Waals surface area contributed by atoms with Gasteiger partial charge in [0.25, 0.3) is 0 Å². The summed E-state index contributed by atoms with van der Waals surface area (Å²) >= 11 is 1.45. The van der Waals surface area contributed by atoms with Crippen molar-refractivity contribution in [3.8, 4) is 23.0 Å². The summed E-state index contributed by atoms with van der Waals surface area (Å²) in [4.78, 5) is 43.7. The SMILES string of the molecule is C.CC(C)Nn1c(=O)c(Oc2ccc(F)cc2F)cc2cnc(S(=O)Cc3ccccc3)nc21.CC(C)Nn1c(=O)c(Oc2ccc(F)cc2F)cc2cnc(SCc3ccccc3)nc21. The van der Waals surface area contributed by atoms with Crippen molar-refractivity contribution in [1.29, 1.82) is 0 Å². The molecule has 342 valence electrons. The Hall–Kier alpha value is -7.12. The first-order chi connectivity index (χ1) is 31.2. The van der Waals surface area contributed by atoms with Gasteiger partial charge < -0.3 is 20.3 Å². The molecular weight excluding hydrogens is 897 g/mol. The minimum absolute atomic E-state index is 0. The Balaban J connectivity index is 0.000000215. The monoisotopic (exact) mass is 940 g/mol. The molecule has 0 spiro atoms. The summed E-state index contributed by atoms with van der Waals surface area (Å²) in [6.45, 7) is 7.39. The third kappa shape index (κ3) is 12.0. The van der Waals surface area contributed by atoms with Crippen molar-refractivity contribution in [1.82, 2.24) is 29.3 Å². The smallest absolute Gasteiger partial charge is 0.313 e. The van der Waals surface area contributed by atoms with Gasteiger partial charge in [0.1, 0.15) is 11.6 Å². The highest BCUT2D eigenvalue weighted by Crippen LogP contribution is 2.28. The molecule has 0 aliphatic heterocycles. The number of nitrogens with one attached hydrogen (secondary N) is 2. The van der Waals surface area contributed by atoms with E-state index in [2.05, 4.69) is 30.8 Å². The van der Waals surface area contributed by atoms with Crippen LogP contribution in [-0.4, -0.2) is 45.6 Å². The number of nitrogens with zero attached hydrogens (tertiary/aromatic N) is 6. The Labute approximate surface area is 383 Å². The Morgan fingerprint density at radius 3 is 1.58 bits per heavy atom. The molecule has 0 fully saturated rings. The zero-order valence-corrected chi connectivity index (χ0v) is 36.8. The molecule has 13 nitrogen and oxygen atoms in total. The van der Waals surface area contributed by atoms with E-state index in [0.717, 1.165) is 40.1 Å². The van der Waals surface area contributed by atoms with Crippen molar-refractivity contribution in [3.05, 3.63) is 177 Å². The maximum absolute atomic E-state index is 14.1. The van der Waals surface area contributed by atoms with Gasteiger partial charge in [0.05, 0.1) is 16.6 Å². The third-order valence-corrected chi connectivity index (χ3v) is 11.1. The average molecular weight is 941 g/mol. The topological polar surface area (TPSA) is 155 Å². The van der Waals surface area contributed by atoms with Crippen LogP contribution >= 0.6 is 11.8 Å². The summed E-state index contributed by atoms with van der Waals surface area (Å²) in [6.07, 6.45) is 3.01. The van der Waals surface area contributed by atoms with E-state index in [1.165, 1.54) is 34.8 Å². The number of thioether (sulfide) groups is 1. The first-order valence-corrected chi connectivity index (χ1v) is 22.3. The van der Waals surface area contributed by atoms with Crippen molar-refractivity contribution in [2.45, 2.75) is 69.0 Å². The van der Waals surface area contributed by atoms with E-state index in [4.69, 9.17) is 9.47 Å². The van der Waals surface area contributed by atoms with Crippen molar-refractivity contribution in [2.75, 3.05) is 10.9 Å². The molecule has 0 saturated heterocycles. The van der Waals surface area contributed by atoms with Gasteiger partial charge in [0.15, 0.2) is 51.1 Å². The Morgan fingerprint density at radius 1 is 0.621 bits per heavy atom. The van der Waals surface area contributed by atoms with Gasteiger partial charge in [-0.15, -0.1) is 0 Å². The number of fused-ring (bicyclic) bond motifs is 2. The molecule has 0 bridgehead atoms. The fourth-order valence-corrected chi connectivity index (χ4v) is 7.81. The largest absolute Gasteiger partial charge is 0.448 e. The molecular formula is C47H44F4N8O5S2. The van der Waals surface area contributed by atoms with Gasteiger partial charge in [-0.2, -0.15) is 0 Å². The van der Waals surface area contributed by atoms with Gasteiger partial charge in [-0.25, -0.2) is 46.8 Å². The molecule has 2 N–H and O–H groups in total. The highest BCUT2D eigenvalue weighted by Gasteiger charge is 2.19. The van der Waals surface area contributed by atoms with Crippen LogP contribution in [-0.2, 0) is 22.3 Å². The standard InChI is InChI=1S/C23H20F2N4O3S.C23H20F2N4O2S.CH4/c1-14(2)28-29-21-16(10-20(22(29)30)32-19-9-8-17(24)11-18(19)25)12-26-23(27-21)33(31)13-15-6-4-3-5-7-15;1-14(2)28-29-21-16(12-26-23(27-21)32-13-15-6-4-3-5-7-15)10-20(22(29)30)31-19-9-8-17(24)11-18(19)25;/h3-12,14,28H,13H2,1-2H3;3-12,14,28H,13H2,1-2H3;1H4. The summed E-state index contributed by atoms with van der Waals surface area (Å²) in [5, 5.41) is 1.52. The second-order valence-electron chi connectivity index (χ2n) is 14.8. The normalized spacial score (nSPS) is 11.5. The van der Waals surface area contributed by atoms with Crippen molar-refractivity contribution in [2.24, 2.45) is 0 Å². The van der Waals surface area contributed by atoms with Gasteiger partial charge in [-0.3, -0.25) is 13.8 Å². The molecule has 4 aromatic carbocycles. The van der Waals surface area contributed by atoms with Gasteiger partial charge in [-0.05, 0) is 75.2 Å². The second-order valence-corrected chi connectivity index (χ2v) is 17.1. The molecule has 66 heavy (non-hydrogen) atoms. The Kier molecular flexibility index (Phi) is 15.9. The lowest BCUT2D eigenvalue weighted by Crippen LogP contribution is -2.34. The fourth-order valence-electron chi connectivity index (χ4n) is 6.06. The Bertz CT molecular complexity index is 3130. The number of halogens is 4. The molecule has 4 heterocycles. The summed E-state index contributed by atoms with van der Waals surface area (Å²) in [6, 6.07) is 27.4. The van der Waals surface area contributed by atoms with Crippen LogP contribution in [0.4, 0.5) is 17.6 Å². The lowest BCUT2D eigenvalue weighted by Gasteiger charge is -2.17. The van der Waals surface area contributed by atoms with Crippen LogP contribution in [0.25, 0.3) is 22.1 Å². The van der Waals surface area contributed by atoms with E-state index < -0.39 is 45.2 Å². The van der Waals surface area contributed by atoms with Crippen LogP contribution in [0.3, 0.4) is 0 Å². The van der Waals surface area contributed by atoms with E-state index in [0.29, 0.717) is 39.5 Å². The van der Waals surface area contributed by atoms with Crippen LogP contribution in [0.5, 0.6) is 23.0 Å². The van der Waals surface area contributed by atoms with Crippen LogP contribution in [0.1, 0.15) is 46.2 Å². The van der Waals surface area contributed by atoms with Gasteiger partial charge in [0, 0.05) is 53.1 Å². The molecule has 0 saturated carbocycles. The molecule has 4 aromatic heterocycles. The number of benzene rings is 4. The first kappa shape index (κ1) is 48.3. The van der Waals surface area contributed by atoms with Crippen LogP contribution in [0.2, 0.25) is 0 Å². The summed E-state index contributed by atoms with van der Waals surface area (Å²) < 4.78 is 80.7. The number of aromatic nitrogens is 6. The lowest BCUT2D eigenvalue weighted by molar-refractivity contribution is 0.430. The van der Waals surface area contributed by atoms with Crippen LogP contribution < -0.4 is 31.4 Å². The van der Waals surface area contributed by atoms with E-state index in [1.807, 2.05) is 88.4 Å². The average Bonchev–Trinajstić information content (AvgIpc) is 3.28. The van der Waals surface area contributed by atoms with Crippen LogP contribution in [0.15, 0.2) is 141 Å². The molecule has 19 heteroatoms. The van der Waals surface area contributed by atoms with E-state index in [9.17, 15) is 31.4 Å². The molecule has 1 unspecified atom stereocenters. The number of hydrogen-bond acceptors (Lipinski definition) is 12. The summed E-state index contributed by atoms with van der Waals surface area (Å²) in [7, 11) is -1.54. The van der Waals surface area contributed by atoms with Gasteiger partial charge >= 0.3 is 11.1 Å². The van der Waals surface area contributed by atoms with Crippen molar-refractivity contribution < 1.29 is 31.2 Å². The molecule has 0 aliphatic carbocycles. The Morgan fingerprint density at radius 2 is 1.09 bits per heavy atom. The highest BCUT2D eigenvalue weighted by atomic mass is 32.2. The summed E-state index contributed by atoms with van der Waals surface area (Å²) in [5.41, 5.74) is 7.38.